The molecule has 15 heavy (non-hydrogen) atoms. The Bertz CT molecular complexity index is 292. The Kier molecular flexibility index (Phi) is 4.82. The van der Waals surface area contributed by atoms with E-state index >= 15 is 0 Å². The van der Waals surface area contributed by atoms with Crippen LogP contribution < -0.4 is 16.4 Å². The first-order chi connectivity index (χ1) is 6.81. The molecule has 2 amide bonds. The monoisotopic (exact) mass is 211 g/mol. The van der Waals surface area contributed by atoms with Crippen LogP contribution >= 0.6 is 0 Å². The minimum absolute atomic E-state index is 0.169. The first-order valence-corrected chi connectivity index (χ1v) is 4.60. The van der Waals surface area contributed by atoms with E-state index in [1.54, 1.807) is 20.8 Å². The first kappa shape index (κ1) is 13.5. The minimum atomic E-state index is -0.924. The second-order valence-electron chi connectivity index (χ2n) is 3.78. The molecule has 0 radical (unpaired) electrons. The third-order valence-corrected chi connectivity index (χ3v) is 1.95. The van der Waals surface area contributed by atoms with Crippen molar-refractivity contribution in [1.29, 1.82) is 0 Å². The number of nitrogens with one attached hydrogen (secondary N) is 2. The maximum Gasteiger partial charge on any atom is 0.237 e. The highest BCUT2D eigenvalue weighted by molar-refractivity contribution is 5.86. The van der Waals surface area contributed by atoms with E-state index in [-0.39, 0.29) is 12.5 Å². The molecular formula is C10H17N3O2. The lowest BCUT2D eigenvalue weighted by atomic mass is 10.0. The predicted octanol–water partition coefficient (Wildman–Crippen LogP) is -1.02. The Hall–Kier alpha value is -1.54. The summed E-state index contributed by atoms with van der Waals surface area (Å²) in [6.45, 7) is 5.03. The summed E-state index contributed by atoms with van der Waals surface area (Å²) in [5, 5.41) is 5.31. The SMILES string of the molecule is C#CCNC(=O)C(C)NC(C)(C)C(N)=O. The van der Waals surface area contributed by atoms with Crippen molar-refractivity contribution in [3.63, 3.8) is 0 Å². The fourth-order valence-corrected chi connectivity index (χ4v) is 0.969. The van der Waals surface area contributed by atoms with Crippen LogP contribution in [0.25, 0.3) is 0 Å². The van der Waals surface area contributed by atoms with Crippen LogP contribution in [0.1, 0.15) is 20.8 Å². The van der Waals surface area contributed by atoms with Crippen LogP contribution in [0.4, 0.5) is 0 Å². The molecule has 1 unspecified atom stereocenters. The molecule has 0 rings (SSSR count). The highest BCUT2D eigenvalue weighted by Crippen LogP contribution is 2.02. The molecular weight excluding hydrogens is 194 g/mol. The van der Waals surface area contributed by atoms with Crippen molar-refractivity contribution in [2.75, 3.05) is 6.54 Å². The lowest BCUT2D eigenvalue weighted by Crippen LogP contribution is -2.57. The molecule has 5 nitrogen and oxygen atoms in total. The van der Waals surface area contributed by atoms with Gasteiger partial charge in [-0.1, -0.05) is 5.92 Å². The predicted molar refractivity (Wildman–Crippen MR) is 57.7 cm³/mol. The second-order valence-corrected chi connectivity index (χ2v) is 3.78. The van der Waals surface area contributed by atoms with Gasteiger partial charge in [-0.25, -0.2) is 0 Å². The third kappa shape index (κ3) is 4.47. The average molecular weight is 211 g/mol. The van der Waals surface area contributed by atoms with Crippen molar-refractivity contribution in [2.24, 2.45) is 5.73 Å². The van der Waals surface area contributed by atoms with Crippen LogP contribution in [0.2, 0.25) is 0 Å². The van der Waals surface area contributed by atoms with E-state index in [0.29, 0.717) is 0 Å². The van der Waals surface area contributed by atoms with E-state index in [9.17, 15) is 9.59 Å². The Balaban J connectivity index is 4.25. The van der Waals surface area contributed by atoms with Crippen LogP contribution in [-0.2, 0) is 9.59 Å². The number of terminal acetylenes is 1. The van der Waals surface area contributed by atoms with Gasteiger partial charge in [0.1, 0.15) is 0 Å². The minimum Gasteiger partial charge on any atom is -0.368 e. The maximum absolute atomic E-state index is 11.4. The molecule has 0 aliphatic heterocycles. The lowest BCUT2D eigenvalue weighted by Gasteiger charge is -2.26. The quantitative estimate of drug-likeness (QED) is 0.509. The van der Waals surface area contributed by atoms with E-state index in [0.717, 1.165) is 0 Å². The Morgan fingerprint density at radius 2 is 2.07 bits per heavy atom. The largest absolute Gasteiger partial charge is 0.368 e. The number of hydrogen-bond acceptors (Lipinski definition) is 3. The molecule has 0 aliphatic carbocycles. The van der Waals surface area contributed by atoms with E-state index in [4.69, 9.17) is 12.2 Å². The van der Waals surface area contributed by atoms with Crippen molar-refractivity contribution in [2.45, 2.75) is 32.4 Å². The van der Waals surface area contributed by atoms with Gasteiger partial charge < -0.3 is 11.1 Å². The number of nitrogens with two attached hydrogens (primary N) is 1. The first-order valence-electron chi connectivity index (χ1n) is 4.60. The van der Waals surface area contributed by atoms with Gasteiger partial charge in [0.2, 0.25) is 11.8 Å². The van der Waals surface area contributed by atoms with Gasteiger partial charge in [0.25, 0.3) is 0 Å². The number of amides is 2. The molecule has 0 heterocycles. The number of carbonyl (C=O) groups excluding carboxylic acids is 2. The summed E-state index contributed by atoms with van der Waals surface area (Å²) in [5.74, 6) is 1.51. The van der Waals surface area contributed by atoms with Gasteiger partial charge in [0, 0.05) is 0 Å². The standard InChI is InChI=1S/C10H17N3O2/c1-5-6-12-8(14)7(2)13-10(3,4)9(11)15/h1,7,13H,6H2,2-4H3,(H2,11,15)(H,12,14). The summed E-state index contributed by atoms with van der Waals surface area (Å²) in [6.07, 6.45) is 4.99. The summed E-state index contributed by atoms with van der Waals surface area (Å²) < 4.78 is 0. The fraction of sp³-hybridized carbons (Fsp3) is 0.600. The smallest absolute Gasteiger partial charge is 0.237 e. The fourth-order valence-electron chi connectivity index (χ4n) is 0.969. The molecule has 0 aromatic rings. The zero-order valence-electron chi connectivity index (χ0n) is 9.26. The van der Waals surface area contributed by atoms with E-state index in [1.165, 1.54) is 0 Å². The van der Waals surface area contributed by atoms with Gasteiger partial charge in [-0.3, -0.25) is 14.9 Å². The van der Waals surface area contributed by atoms with Gasteiger partial charge in [-0.05, 0) is 20.8 Å². The zero-order chi connectivity index (χ0) is 12.1. The molecule has 0 spiro atoms. The van der Waals surface area contributed by atoms with Gasteiger partial charge in [-0.15, -0.1) is 6.42 Å². The summed E-state index contributed by atoms with van der Waals surface area (Å²) in [5.41, 5.74) is 4.23. The van der Waals surface area contributed by atoms with Gasteiger partial charge in [0.05, 0.1) is 18.1 Å². The molecule has 0 aromatic carbocycles. The molecule has 0 bridgehead atoms. The van der Waals surface area contributed by atoms with Crippen molar-refractivity contribution >= 4 is 11.8 Å². The van der Waals surface area contributed by atoms with Gasteiger partial charge in [-0.2, -0.15) is 0 Å². The normalized spacial score (nSPS) is 12.7. The van der Waals surface area contributed by atoms with Crippen molar-refractivity contribution in [3.8, 4) is 12.3 Å². The number of rotatable bonds is 5. The number of carbonyl (C=O) groups is 2. The molecule has 0 fully saturated rings. The van der Waals surface area contributed by atoms with Crippen LogP contribution in [0.5, 0.6) is 0 Å². The molecule has 4 N–H and O–H groups in total. The Morgan fingerprint density at radius 3 is 2.47 bits per heavy atom. The molecule has 1 atom stereocenters. The highest BCUT2D eigenvalue weighted by Gasteiger charge is 2.28. The van der Waals surface area contributed by atoms with Crippen molar-refractivity contribution in [1.82, 2.24) is 10.6 Å². The average Bonchev–Trinajstić information content (AvgIpc) is 2.13. The molecule has 84 valence electrons. The number of primary amides is 1. The molecule has 0 saturated carbocycles. The lowest BCUT2D eigenvalue weighted by molar-refractivity contribution is -0.126. The Labute approximate surface area is 89.8 Å². The molecule has 0 aliphatic rings. The van der Waals surface area contributed by atoms with E-state index < -0.39 is 17.5 Å². The highest BCUT2D eigenvalue weighted by atomic mass is 16.2. The van der Waals surface area contributed by atoms with Gasteiger partial charge >= 0.3 is 0 Å². The van der Waals surface area contributed by atoms with Crippen LogP contribution in [0.3, 0.4) is 0 Å². The topological polar surface area (TPSA) is 84.2 Å². The van der Waals surface area contributed by atoms with E-state index in [2.05, 4.69) is 16.6 Å². The maximum atomic E-state index is 11.4. The molecule has 5 heteroatoms. The third-order valence-electron chi connectivity index (χ3n) is 1.95. The summed E-state index contributed by atoms with van der Waals surface area (Å²) >= 11 is 0. The molecule has 0 saturated heterocycles. The summed E-state index contributed by atoms with van der Waals surface area (Å²) in [4.78, 5) is 22.4. The zero-order valence-corrected chi connectivity index (χ0v) is 9.26. The number of hydrogen-bond donors (Lipinski definition) is 3. The summed E-state index contributed by atoms with van der Waals surface area (Å²) in [6, 6.07) is -0.527. The van der Waals surface area contributed by atoms with Crippen LogP contribution in [0.15, 0.2) is 0 Å². The Morgan fingerprint density at radius 1 is 1.53 bits per heavy atom. The second kappa shape index (κ2) is 5.37. The van der Waals surface area contributed by atoms with Crippen molar-refractivity contribution in [3.05, 3.63) is 0 Å². The molecule has 0 aromatic heterocycles. The van der Waals surface area contributed by atoms with E-state index in [1.807, 2.05) is 0 Å². The summed E-state index contributed by atoms with van der Waals surface area (Å²) in [7, 11) is 0. The van der Waals surface area contributed by atoms with Crippen LogP contribution in [-0.4, -0.2) is 29.9 Å². The van der Waals surface area contributed by atoms with Crippen molar-refractivity contribution < 1.29 is 9.59 Å². The van der Waals surface area contributed by atoms with Crippen LogP contribution in [0, 0.1) is 12.3 Å². The van der Waals surface area contributed by atoms with Gasteiger partial charge in [0.15, 0.2) is 0 Å².